The van der Waals surface area contributed by atoms with Crippen LogP contribution in [0.3, 0.4) is 0 Å². The fourth-order valence-corrected chi connectivity index (χ4v) is 4.36. The Labute approximate surface area is 164 Å². The molecule has 2 bridgehead atoms. The van der Waals surface area contributed by atoms with Gasteiger partial charge in [-0.2, -0.15) is 0 Å². The van der Waals surface area contributed by atoms with E-state index in [-0.39, 0.29) is 5.91 Å². The quantitative estimate of drug-likeness (QED) is 0.211. The molecule has 4 atom stereocenters. The maximum atomic E-state index is 11.6. The minimum atomic E-state index is -0.553. The van der Waals surface area contributed by atoms with Crippen LogP contribution in [0.2, 0.25) is 0 Å². The molecule has 0 aromatic carbocycles. The first-order valence-corrected chi connectivity index (χ1v) is 10.8. The summed E-state index contributed by atoms with van der Waals surface area (Å²) in [6.45, 7) is 7.63. The van der Waals surface area contributed by atoms with Gasteiger partial charge in [0, 0.05) is 17.9 Å². The summed E-state index contributed by atoms with van der Waals surface area (Å²) in [5, 5.41) is 8.79. The maximum Gasteiger partial charge on any atom is 0.248 e. The highest BCUT2D eigenvalue weighted by Crippen LogP contribution is 2.45. The predicted octanol–water partition coefficient (Wildman–Crippen LogP) is 4.64. The Balaban J connectivity index is 1.71. The summed E-state index contributed by atoms with van der Waals surface area (Å²) in [5.74, 6) is 0.758. The van der Waals surface area contributed by atoms with Crippen molar-refractivity contribution in [3.63, 3.8) is 0 Å². The molecule has 0 unspecified atom stereocenters. The number of hydrogen-bond donors (Lipinski definition) is 2. The van der Waals surface area contributed by atoms with E-state index >= 15 is 0 Å². The highest BCUT2D eigenvalue weighted by molar-refractivity contribution is 5.80. The summed E-state index contributed by atoms with van der Waals surface area (Å²) in [4.78, 5) is 11.6. The van der Waals surface area contributed by atoms with E-state index in [1.54, 1.807) is 5.48 Å². The highest BCUT2D eigenvalue weighted by atomic mass is 16.5. The average molecular weight is 382 g/mol. The molecule has 0 saturated carbocycles. The molecular weight excluding hydrogens is 342 g/mol. The lowest BCUT2D eigenvalue weighted by Crippen LogP contribution is -2.34. The normalized spacial score (nSPS) is 27.6. The molecular formula is C22H39NO4. The Kier molecular flexibility index (Phi) is 9.27. The average Bonchev–Trinajstić information content (AvgIpc) is 3.25. The molecule has 0 aromatic heterocycles. The molecule has 5 heteroatoms. The zero-order valence-electron chi connectivity index (χ0n) is 17.4. The molecule has 2 rings (SSSR count). The van der Waals surface area contributed by atoms with Crippen LogP contribution in [0.1, 0.15) is 78.6 Å². The smallest absolute Gasteiger partial charge is 0.248 e. The van der Waals surface area contributed by atoms with Crippen LogP contribution in [0.15, 0.2) is 12.2 Å². The minimum Gasteiger partial charge on any atom is -0.381 e. The first kappa shape index (κ1) is 22.4. The lowest BCUT2D eigenvalue weighted by molar-refractivity contribution is -0.138. The van der Waals surface area contributed by atoms with E-state index in [1.165, 1.54) is 32.1 Å². The molecule has 2 saturated heterocycles. The van der Waals surface area contributed by atoms with Gasteiger partial charge in [0.1, 0.15) is 0 Å². The summed E-state index contributed by atoms with van der Waals surface area (Å²) >= 11 is 0. The van der Waals surface area contributed by atoms with Crippen LogP contribution in [0.4, 0.5) is 0 Å². The summed E-state index contributed by atoms with van der Waals surface area (Å²) in [6, 6.07) is 0. The van der Waals surface area contributed by atoms with Gasteiger partial charge in [-0.05, 0) is 44.4 Å². The maximum absolute atomic E-state index is 11.6. The van der Waals surface area contributed by atoms with Crippen LogP contribution < -0.4 is 5.48 Å². The molecule has 1 amide bonds. The van der Waals surface area contributed by atoms with Crippen LogP contribution in [-0.2, 0) is 14.3 Å². The van der Waals surface area contributed by atoms with Crippen molar-refractivity contribution in [1.29, 1.82) is 0 Å². The molecule has 5 nitrogen and oxygen atoms in total. The molecule has 27 heavy (non-hydrogen) atoms. The monoisotopic (exact) mass is 381 g/mol. The fraction of sp³-hybridized carbons (Fsp3) is 0.864. The molecule has 0 aromatic rings. The second-order valence-electron chi connectivity index (χ2n) is 8.82. The van der Waals surface area contributed by atoms with Crippen molar-refractivity contribution in [2.45, 2.75) is 90.8 Å². The number of hydrogen-bond acceptors (Lipinski definition) is 4. The van der Waals surface area contributed by atoms with Crippen LogP contribution in [-0.4, -0.2) is 36.5 Å². The summed E-state index contributed by atoms with van der Waals surface area (Å²) in [5.41, 5.74) is 1.20. The fourth-order valence-electron chi connectivity index (χ4n) is 4.36. The Morgan fingerprint density at radius 1 is 1.19 bits per heavy atom. The highest BCUT2D eigenvalue weighted by Gasteiger charge is 2.48. The zero-order chi connectivity index (χ0) is 19.7. The number of fused-ring (bicyclic) bond motifs is 2. The molecule has 2 aliphatic heterocycles. The lowest BCUT2D eigenvalue weighted by atomic mass is 9.78. The van der Waals surface area contributed by atoms with Crippen molar-refractivity contribution in [2.75, 3.05) is 13.2 Å². The molecule has 2 N–H and O–H groups in total. The summed E-state index contributed by atoms with van der Waals surface area (Å²) < 4.78 is 12.1. The van der Waals surface area contributed by atoms with Gasteiger partial charge in [0.15, 0.2) is 0 Å². The molecule has 0 spiro atoms. The molecule has 0 radical (unpaired) electrons. The van der Waals surface area contributed by atoms with Gasteiger partial charge in [0.25, 0.3) is 0 Å². The number of rotatable bonds is 13. The minimum absolute atomic E-state index is 0.325. The number of carbonyl (C=O) groups excluding carboxylic acids is 1. The van der Waals surface area contributed by atoms with Gasteiger partial charge in [-0.15, -0.1) is 0 Å². The van der Waals surface area contributed by atoms with Gasteiger partial charge in [0.05, 0.1) is 18.8 Å². The van der Waals surface area contributed by atoms with Crippen LogP contribution in [0.25, 0.3) is 0 Å². The van der Waals surface area contributed by atoms with Crippen molar-refractivity contribution >= 4 is 5.91 Å². The standard InChI is InChI=1S/C22H39NO4/c1-4-5-6-10-15-26-16-18-17(19-12-13-20(18)27-19)11-8-7-9-14-22(2,3)21(24)23-25/h7-8,17-20,25H,4-6,9-16H2,1-3H3,(H,23,24)/b8-7-/t17-,18+,19-,20+/m0/s1. The first-order valence-electron chi connectivity index (χ1n) is 10.8. The second kappa shape index (κ2) is 11.2. The van der Waals surface area contributed by atoms with E-state index in [4.69, 9.17) is 14.7 Å². The Morgan fingerprint density at radius 2 is 1.93 bits per heavy atom. The van der Waals surface area contributed by atoms with Gasteiger partial charge in [0.2, 0.25) is 5.91 Å². The third-order valence-corrected chi connectivity index (χ3v) is 6.27. The number of ether oxygens (including phenoxy) is 2. The Hall–Kier alpha value is -0.910. The molecule has 0 aliphatic carbocycles. The number of nitrogens with one attached hydrogen (secondary N) is 1. The van der Waals surface area contributed by atoms with Crippen molar-refractivity contribution < 1.29 is 19.5 Å². The molecule has 156 valence electrons. The van der Waals surface area contributed by atoms with E-state index in [9.17, 15) is 4.79 Å². The zero-order valence-corrected chi connectivity index (χ0v) is 17.4. The molecule has 2 aliphatic rings. The SMILES string of the molecule is CCCCCCOC[C@@H]1[C@H](C/C=C\CCC(C)(C)C(=O)NO)[C@@H]2CC[C@H]1O2. The van der Waals surface area contributed by atoms with Crippen molar-refractivity contribution in [1.82, 2.24) is 5.48 Å². The summed E-state index contributed by atoms with van der Waals surface area (Å²) in [6.07, 6.45) is 15.1. The summed E-state index contributed by atoms with van der Waals surface area (Å²) in [7, 11) is 0. The van der Waals surface area contributed by atoms with Crippen molar-refractivity contribution in [2.24, 2.45) is 17.3 Å². The first-order chi connectivity index (χ1) is 13.0. The predicted molar refractivity (Wildman–Crippen MR) is 107 cm³/mol. The van der Waals surface area contributed by atoms with Crippen molar-refractivity contribution in [3.05, 3.63) is 12.2 Å². The number of amides is 1. The van der Waals surface area contributed by atoms with E-state index < -0.39 is 5.41 Å². The van der Waals surface area contributed by atoms with Crippen LogP contribution in [0, 0.1) is 17.3 Å². The van der Waals surface area contributed by atoms with E-state index in [0.29, 0.717) is 30.5 Å². The number of unbranched alkanes of at least 4 members (excludes halogenated alkanes) is 3. The molecule has 2 heterocycles. The topological polar surface area (TPSA) is 67.8 Å². The lowest BCUT2D eigenvalue weighted by Gasteiger charge is -2.27. The van der Waals surface area contributed by atoms with E-state index in [0.717, 1.165) is 32.5 Å². The Morgan fingerprint density at radius 3 is 2.63 bits per heavy atom. The number of carbonyl (C=O) groups is 1. The third kappa shape index (κ3) is 6.58. The van der Waals surface area contributed by atoms with Gasteiger partial charge in [-0.25, -0.2) is 5.48 Å². The van der Waals surface area contributed by atoms with Gasteiger partial charge in [-0.1, -0.05) is 52.2 Å². The Bertz CT molecular complexity index is 477. The van der Waals surface area contributed by atoms with Gasteiger partial charge >= 0.3 is 0 Å². The molecule has 2 fully saturated rings. The van der Waals surface area contributed by atoms with Crippen LogP contribution in [0.5, 0.6) is 0 Å². The second-order valence-corrected chi connectivity index (χ2v) is 8.82. The van der Waals surface area contributed by atoms with Crippen molar-refractivity contribution in [3.8, 4) is 0 Å². The van der Waals surface area contributed by atoms with Crippen LogP contribution >= 0.6 is 0 Å². The van der Waals surface area contributed by atoms with E-state index in [1.807, 2.05) is 13.8 Å². The third-order valence-electron chi connectivity index (χ3n) is 6.27. The van der Waals surface area contributed by atoms with Gasteiger partial charge < -0.3 is 9.47 Å². The van der Waals surface area contributed by atoms with Gasteiger partial charge in [-0.3, -0.25) is 10.0 Å². The van der Waals surface area contributed by atoms with E-state index in [2.05, 4.69) is 19.1 Å². The number of allylic oxidation sites excluding steroid dienone is 2. The number of hydroxylamine groups is 1. The largest absolute Gasteiger partial charge is 0.381 e.